The first-order valence-corrected chi connectivity index (χ1v) is 6.91. The quantitative estimate of drug-likeness (QED) is 0.888. The average molecular weight is 261 g/mol. The summed E-state index contributed by atoms with van der Waals surface area (Å²) < 4.78 is 5.39. The molecule has 0 unspecified atom stereocenters. The van der Waals surface area contributed by atoms with E-state index in [-0.39, 0.29) is 24.3 Å². The van der Waals surface area contributed by atoms with E-state index in [2.05, 4.69) is 0 Å². The lowest BCUT2D eigenvalue weighted by atomic mass is 10.0. The Kier molecular flexibility index (Phi) is 3.42. The number of aliphatic hydroxyl groups excluding tert-OH is 1. The molecule has 1 N–H and O–H groups in total. The maximum absolute atomic E-state index is 12.2. The van der Waals surface area contributed by atoms with Crippen LogP contribution in [-0.4, -0.2) is 34.3 Å². The van der Waals surface area contributed by atoms with Gasteiger partial charge in [-0.2, -0.15) is 0 Å². The molecule has 2 heterocycles. The Morgan fingerprint density at radius 1 is 1.21 bits per heavy atom. The minimum atomic E-state index is -0.254. The molecule has 2 aliphatic heterocycles. The summed E-state index contributed by atoms with van der Waals surface area (Å²) in [5.74, 6) is 0. The van der Waals surface area contributed by atoms with Gasteiger partial charge in [-0.15, -0.1) is 0 Å². The highest BCUT2D eigenvalue weighted by Crippen LogP contribution is 2.36. The van der Waals surface area contributed by atoms with Gasteiger partial charge in [-0.3, -0.25) is 0 Å². The fraction of sp³-hybridized carbons (Fsp3) is 0.533. The standard InChI is InChI=1S/C15H19NO3/c17-14-8-12-6-7-13(9-14)16(12)15(18)19-10-11-4-2-1-3-5-11/h1-5,12-14,17H,6-10H2/t12-,13-/m0/s1. The highest BCUT2D eigenvalue weighted by molar-refractivity contribution is 5.69. The van der Waals surface area contributed by atoms with Crippen LogP contribution < -0.4 is 0 Å². The summed E-state index contributed by atoms with van der Waals surface area (Å²) in [6.45, 7) is 0.318. The predicted octanol–water partition coefficient (Wildman–Crippen LogP) is 2.31. The molecule has 2 saturated heterocycles. The molecular weight excluding hydrogens is 242 g/mol. The van der Waals surface area contributed by atoms with E-state index in [1.54, 1.807) is 0 Å². The Balaban J connectivity index is 1.59. The molecule has 2 aliphatic rings. The van der Waals surface area contributed by atoms with Gasteiger partial charge in [-0.25, -0.2) is 4.79 Å². The van der Waals surface area contributed by atoms with Gasteiger partial charge in [0.05, 0.1) is 6.10 Å². The number of aliphatic hydroxyl groups is 1. The number of nitrogens with zero attached hydrogens (tertiary/aromatic N) is 1. The number of hydrogen-bond acceptors (Lipinski definition) is 3. The summed E-state index contributed by atoms with van der Waals surface area (Å²) >= 11 is 0. The van der Waals surface area contributed by atoms with Gasteiger partial charge in [-0.1, -0.05) is 30.3 Å². The summed E-state index contributed by atoms with van der Waals surface area (Å²) in [5, 5.41) is 9.72. The van der Waals surface area contributed by atoms with E-state index in [1.165, 1.54) is 0 Å². The maximum Gasteiger partial charge on any atom is 0.410 e. The number of fused-ring (bicyclic) bond motifs is 2. The zero-order chi connectivity index (χ0) is 13.2. The molecular formula is C15H19NO3. The van der Waals surface area contributed by atoms with Gasteiger partial charge >= 0.3 is 6.09 Å². The maximum atomic E-state index is 12.2. The molecule has 1 amide bonds. The molecule has 3 rings (SSSR count). The highest BCUT2D eigenvalue weighted by Gasteiger charge is 2.43. The molecule has 4 heteroatoms. The van der Waals surface area contributed by atoms with Gasteiger partial charge in [0.2, 0.25) is 0 Å². The van der Waals surface area contributed by atoms with Crippen molar-refractivity contribution in [3.63, 3.8) is 0 Å². The van der Waals surface area contributed by atoms with Crippen LogP contribution in [0.25, 0.3) is 0 Å². The first kappa shape index (κ1) is 12.5. The Morgan fingerprint density at radius 2 is 1.84 bits per heavy atom. The lowest BCUT2D eigenvalue weighted by Crippen LogP contribution is -2.48. The van der Waals surface area contributed by atoms with Crippen molar-refractivity contribution >= 4 is 6.09 Å². The smallest absolute Gasteiger partial charge is 0.410 e. The summed E-state index contributed by atoms with van der Waals surface area (Å²) in [6.07, 6.45) is 2.87. The average Bonchev–Trinajstić information content (AvgIpc) is 2.70. The van der Waals surface area contributed by atoms with Crippen molar-refractivity contribution in [2.24, 2.45) is 0 Å². The lowest BCUT2D eigenvalue weighted by molar-refractivity contribution is 0.0221. The molecule has 0 aliphatic carbocycles. The zero-order valence-electron chi connectivity index (χ0n) is 10.9. The second-order valence-electron chi connectivity index (χ2n) is 5.46. The Bertz CT molecular complexity index is 434. The van der Waals surface area contributed by atoms with Crippen LogP contribution in [0, 0.1) is 0 Å². The van der Waals surface area contributed by atoms with E-state index in [9.17, 15) is 9.90 Å². The fourth-order valence-corrected chi connectivity index (χ4v) is 3.24. The largest absolute Gasteiger partial charge is 0.445 e. The molecule has 102 valence electrons. The molecule has 2 atom stereocenters. The molecule has 0 spiro atoms. The van der Waals surface area contributed by atoms with Gasteiger partial charge in [0, 0.05) is 12.1 Å². The highest BCUT2D eigenvalue weighted by atomic mass is 16.6. The van der Waals surface area contributed by atoms with E-state index >= 15 is 0 Å². The molecule has 0 saturated carbocycles. The number of benzene rings is 1. The number of piperidine rings is 1. The van der Waals surface area contributed by atoms with E-state index < -0.39 is 0 Å². The van der Waals surface area contributed by atoms with Crippen molar-refractivity contribution in [3.8, 4) is 0 Å². The Labute approximate surface area is 113 Å². The third-order valence-electron chi connectivity index (χ3n) is 4.12. The molecule has 0 aromatic heterocycles. The van der Waals surface area contributed by atoms with Crippen LogP contribution in [0.3, 0.4) is 0 Å². The van der Waals surface area contributed by atoms with E-state index in [0.717, 1.165) is 18.4 Å². The predicted molar refractivity (Wildman–Crippen MR) is 70.5 cm³/mol. The van der Waals surface area contributed by atoms with Crippen molar-refractivity contribution < 1.29 is 14.6 Å². The van der Waals surface area contributed by atoms with Crippen LogP contribution in [0.15, 0.2) is 30.3 Å². The third-order valence-corrected chi connectivity index (χ3v) is 4.12. The van der Waals surface area contributed by atoms with Crippen molar-refractivity contribution in [2.45, 2.75) is 50.5 Å². The number of carbonyl (C=O) groups is 1. The van der Waals surface area contributed by atoms with Crippen molar-refractivity contribution in [2.75, 3.05) is 0 Å². The van der Waals surface area contributed by atoms with Crippen LogP contribution >= 0.6 is 0 Å². The zero-order valence-corrected chi connectivity index (χ0v) is 10.9. The topological polar surface area (TPSA) is 49.8 Å². The second-order valence-corrected chi connectivity index (χ2v) is 5.46. The van der Waals surface area contributed by atoms with Crippen LogP contribution in [0.1, 0.15) is 31.2 Å². The van der Waals surface area contributed by atoms with Crippen LogP contribution in [0.2, 0.25) is 0 Å². The molecule has 2 fully saturated rings. The minimum Gasteiger partial charge on any atom is -0.445 e. The summed E-state index contributed by atoms with van der Waals surface area (Å²) in [7, 11) is 0. The normalized spacial score (nSPS) is 29.3. The number of amides is 1. The van der Waals surface area contributed by atoms with Crippen LogP contribution in [0.4, 0.5) is 4.79 Å². The number of rotatable bonds is 2. The lowest BCUT2D eigenvalue weighted by Gasteiger charge is -2.36. The van der Waals surface area contributed by atoms with Gasteiger partial charge < -0.3 is 14.7 Å². The molecule has 1 aromatic rings. The monoisotopic (exact) mass is 261 g/mol. The molecule has 2 bridgehead atoms. The van der Waals surface area contributed by atoms with Gasteiger partial charge in [0.1, 0.15) is 6.61 Å². The molecule has 4 nitrogen and oxygen atoms in total. The summed E-state index contributed by atoms with van der Waals surface area (Å²) in [4.78, 5) is 14.0. The fourth-order valence-electron chi connectivity index (χ4n) is 3.24. The molecule has 19 heavy (non-hydrogen) atoms. The van der Waals surface area contributed by atoms with Crippen molar-refractivity contribution in [1.82, 2.24) is 4.90 Å². The number of hydrogen-bond donors (Lipinski definition) is 1. The Morgan fingerprint density at radius 3 is 2.47 bits per heavy atom. The first-order chi connectivity index (χ1) is 9.24. The molecule has 1 aromatic carbocycles. The van der Waals surface area contributed by atoms with E-state index in [0.29, 0.717) is 19.4 Å². The summed E-state index contributed by atoms with van der Waals surface area (Å²) in [6, 6.07) is 10.0. The van der Waals surface area contributed by atoms with Crippen LogP contribution in [-0.2, 0) is 11.3 Å². The van der Waals surface area contributed by atoms with Gasteiger partial charge in [0.15, 0.2) is 0 Å². The van der Waals surface area contributed by atoms with E-state index in [1.807, 2.05) is 35.2 Å². The van der Waals surface area contributed by atoms with Gasteiger partial charge in [-0.05, 0) is 31.2 Å². The number of carbonyl (C=O) groups excluding carboxylic acids is 1. The number of ether oxygens (including phenoxy) is 1. The van der Waals surface area contributed by atoms with E-state index in [4.69, 9.17) is 4.74 Å². The van der Waals surface area contributed by atoms with Crippen molar-refractivity contribution in [1.29, 1.82) is 0 Å². The molecule has 0 radical (unpaired) electrons. The van der Waals surface area contributed by atoms with Crippen LogP contribution in [0.5, 0.6) is 0 Å². The SMILES string of the molecule is O=C(OCc1ccccc1)N1[C@H]2CC[C@H]1CC(O)C2. The first-order valence-electron chi connectivity index (χ1n) is 6.91. The van der Waals surface area contributed by atoms with Gasteiger partial charge in [0.25, 0.3) is 0 Å². The third kappa shape index (κ3) is 2.59. The Hall–Kier alpha value is -1.55. The van der Waals surface area contributed by atoms with Crippen molar-refractivity contribution in [3.05, 3.63) is 35.9 Å². The summed E-state index contributed by atoms with van der Waals surface area (Å²) in [5.41, 5.74) is 1.00. The minimum absolute atomic E-state index is 0.164. The second kappa shape index (κ2) is 5.21.